The number of nitrogens with two attached hydrogens (primary N) is 1. The summed E-state index contributed by atoms with van der Waals surface area (Å²) in [5.41, 5.74) is 13.0. The monoisotopic (exact) mass is 427 g/mol. The zero-order valence-corrected chi connectivity index (χ0v) is 17.6. The zero-order valence-electron chi connectivity index (χ0n) is 16.8. The molecule has 0 amide bonds. The van der Waals surface area contributed by atoms with E-state index in [2.05, 4.69) is 10.3 Å². The molecule has 1 saturated carbocycles. The Morgan fingerprint density at radius 2 is 1.97 bits per heavy atom. The summed E-state index contributed by atoms with van der Waals surface area (Å²) in [6.07, 6.45) is 7.38. The van der Waals surface area contributed by atoms with Crippen LogP contribution in [0.1, 0.15) is 29.7 Å². The second-order valence-corrected chi connectivity index (χ2v) is 9.01. The maximum Gasteiger partial charge on any atom is 0.183 e. The van der Waals surface area contributed by atoms with Crippen LogP contribution in [0.3, 0.4) is 0 Å². The van der Waals surface area contributed by atoms with Gasteiger partial charge in [-0.05, 0) is 55.5 Å². The molecule has 0 bridgehead atoms. The molecule has 0 spiro atoms. The number of nitrogens with zero attached hydrogens (tertiary/aromatic N) is 4. The summed E-state index contributed by atoms with van der Waals surface area (Å²) in [7, 11) is 0. The van der Waals surface area contributed by atoms with E-state index < -0.39 is 0 Å². The van der Waals surface area contributed by atoms with Crippen LogP contribution in [-0.4, -0.2) is 32.0 Å². The fourth-order valence-electron chi connectivity index (χ4n) is 4.01. The molecule has 0 radical (unpaired) electrons. The van der Waals surface area contributed by atoms with E-state index >= 15 is 0 Å². The lowest BCUT2D eigenvalue weighted by Gasteiger charge is -2.14. The van der Waals surface area contributed by atoms with E-state index in [1.807, 2.05) is 41.1 Å². The molecule has 31 heavy (non-hydrogen) atoms. The number of aromatic nitrogens is 4. The van der Waals surface area contributed by atoms with Gasteiger partial charge in [0.25, 0.3) is 0 Å². The Bertz CT molecular complexity index is 1280. The molecule has 0 atom stereocenters. The van der Waals surface area contributed by atoms with Gasteiger partial charge >= 0.3 is 0 Å². The molecule has 154 valence electrons. The molecule has 3 aromatic heterocycles. The number of nitrogens with one attached hydrogen (secondary N) is 2. The molecule has 0 unspecified atom stereocenters. The topological polar surface area (TPSA) is 106 Å². The summed E-state index contributed by atoms with van der Waals surface area (Å²) in [6.45, 7) is 0. The number of aryl methyl sites for hydroxylation is 1. The Labute approximate surface area is 183 Å². The van der Waals surface area contributed by atoms with E-state index in [0.717, 1.165) is 51.9 Å². The van der Waals surface area contributed by atoms with Crippen molar-refractivity contribution in [2.24, 2.45) is 0 Å². The van der Waals surface area contributed by atoms with Crippen LogP contribution in [0.4, 0.5) is 10.9 Å². The van der Waals surface area contributed by atoms with Crippen molar-refractivity contribution in [1.82, 2.24) is 19.7 Å². The van der Waals surface area contributed by atoms with E-state index in [9.17, 15) is 0 Å². The van der Waals surface area contributed by atoms with Gasteiger partial charge in [-0.25, -0.2) is 14.6 Å². The minimum atomic E-state index is 0.500. The average molecular weight is 428 g/mol. The Kier molecular flexibility index (Phi) is 4.14. The molecular weight excluding hydrogens is 406 g/mol. The highest BCUT2D eigenvalue weighted by Crippen LogP contribution is 2.44. The van der Waals surface area contributed by atoms with Gasteiger partial charge in [0.1, 0.15) is 5.82 Å². The minimum Gasteiger partial charge on any atom is -0.384 e. The van der Waals surface area contributed by atoms with E-state index in [1.54, 1.807) is 17.5 Å². The quantitative estimate of drug-likeness (QED) is 0.412. The van der Waals surface area contributed by atoms with Crippen LogP contribution < -0.4 is 11.1 Å². The average Bonchev–Trinajstić information content (AvgIpc) is 3.38. The Morgan fingerprint density at radius 3 is 2.68 bits per heavy atom. The molecule has 0 aliphatic heterocycles. The van der Waals surface area contributed by atoms with E-state index in [0.29, 0.717) is 11.9 Å². The summed E-state index contributed by atoms with van der Waals surface area (Å²) in [6, 6.07) is 12.3. The molecule has 3 heterocycles. The van der Waals surface area contributed by atoms with E-state index in [4.69, 9.17) is 21.2 Å². The number of fused-ring (bicyclic) bond motifs is 3. The summed E-state index contributed by atoms with van der Waals surface area (Å²) in [5, 5.41) is 17.1. The first kappa shape index (κ1) is 18.3. The van der Waals surface area contributed by atoms with Crippen molar-refractivity contribution in [3.63, 3.8) is 0 Å². The van der Waals surface area contributed by atoms with Crippen molar-refractivity contribution < 1.29 is 0 Å². The molecule has 1 aromatic carbocycles. The number of anilines is 2. The summed E-state index contributed by atoms with van der Waals surface area (Å²) >= 11 is 1.72. The maximum absolute atomic E-state index is 7.49. The fraction of sp³-hybridized carbons (Fsp3) is 0.217. The number of benzene rings is 1. The Morgan fingerprint density at radius 1 is 1.13 bits per heavy atom. The summed E-state index contributed by atoms with van der Waals surface area (Å²) in [4.78, 5) is 10.4. The SMILES string of the molecule is N=Cc1ccc(-n2nc(-c3ccc(N)nc3)c3c2-c2sc(NC4CC4)nc2CC3)cc1. The van der Waals surface area contributed by atoms with Gasteiger partial charge in [-0.3, -0.25) is 0 Å². The normalized spacial score (nSPS) is 14.7. The predicted octanol–water partition coefficient (Wildman–Crippen LogP) is 4.31. The first-order valence-corrected chi connectivity index (χ1v) is 11.2. The summed E-state index contributed by atoms with van der Waals surface area (Å²) < 4.78 is 2.02. The van der Waals surface area contributed by atoms with E-state index in [-0.39, 0.29) is 0 Å². The van der Waals surface area contributed by atoms with Gasteiger partial charge in [0, 0.05) is 29.6 Å². The van der Waals surface area contributed by atoms with Crippen molar-refractivity contribution in [3.05, 3.63) is 59.4 Å². The number of pyridine rings is 1. The summed E-state index contributed by atoms with van der Waals surface area (Å²) in [5.74, 6) is 0.500. The lowest BCUT2D eigenvalue weighted by atomic mass is 9.95. The Balaban J connectivity index is 1.54. The number of thiazole rings is 1. The van der Waals surface area contributed by atoms with Crippen LogP contribution in [0.5, 0.6) is 0 Å². The lowest BCUT2D eigenvalue weighted by molar-refractivity contribution is 0.872. The van der Waals surface area contributed by atoms with E-state index in [1.165, 1.54) is 29.5 Å². The lowest BCUT2D eigenvalue weighted by Crippen LogP contribution is -2.06. The minimum absolute atomic E-state index is 0.500. The van der Waals surface area contributed by atoms with Crippen LogP contribution in [0.2, 0.25) is 0 Å². The highest BCUT2D eigenvalue weighted by molar-refractivity contribution is 7.19. The van der Waals surface area contributed by atoms with Crippen LogP contribution >= 0.6 is 11.3 Å². The third kappa shape index (κ3) is 3.19. The highest BCUT2D eigenvalue weighted by Gasteiger charge is 2.31. The van der Waals surface area contributed by atoms with Gasteiger partial charge < -0.3 is 16.5 Å². The molecule has 8 heteroatoms. The van der Waals surface area contributed by atoms with Crippen LogP contribution in [0.15, 0.2) is 42.6 Å². The van der Waals surface area contributed by atoms with Crippen LogP contribution in [0.25, 0.3) is 27.5 Å². The van der Waals surface area contributed by atoms with Gasteiger partial charge in [-0.1, -0.05) is 23.5 Å². The van der Waals surface area contributed by atoms with Crippen LogP contribution in [0, 0.1) is 5.41 Å². The molecule has 2 aliphatic rings. The van der Waals surface area contributed by atoms with Gasteiger partial charge in [0.15, 0.2) is 5.13 Å². The smallest absolute Gasteiger partial charge is 0.183 e. The standard InChI is InChI=1S/C23H21N7S/c24-11-13-1-6-16(7-2-13)30-21-17(20(29-30)14-3-10-19(25)26-12-14)8-9-18-22(21)31-23(28-18)27-15-4-5-15/h1-3,6-7,10-12,15,24H,4-5,8-9H2,(H2,25,26)(H,27,28). The maximum atomic E-state index is 7.49. The number of nitrogen functional groups attached to an aromatic ring is 1. The molecule has 2 aliphatic carbocycles. The molecular formula is C23H21N7S. The van der Waals surface area contributed by atoms with Crippen LogP contribution in [-0.2, 0) is 12.8 Å². The molecule has 7 nitrogen and oxygen atoms in total. The van der Waals surface area contributed by atoms with Gasteiger partial charge in [0.05, 0.1) is 27.6 Å². The second-order valence-electron chi connectivity index (χ2n) is 8.01. The zero-order chi connectivity index (χ0) is 20.9. The second kappa shape index (κ2) is 7.02. The molecule has 4 N–H and O–H groups in total. The predicted molar refractivity (Wildman–Crippen MR) is 124 cm³/mol. The van der Waals surface area contributed by atoms with Gasteiger partial charge in [-0.15, -0.1) is 0 Å². The molecule has 6 rings (SSSR count). The third-order valence-electron chi connectivity index (χ3n) is 5.78. The van der Waals surface area contributed by atoms with Crippen molar-refractivity contribution in [2.45, 2.75) is 31.7 Å². The Hall–Kier alpha value is -3.52. The van der Waals surface area contributed by atoms with Crippen molar-refractivity contribution in [3.8, 4) is 27.5 Å². The molecule has 4 aromatic rings. The fourth-order valence-corrected chi connectivity index (χ4v) is 5.16. The first-order valence-electron chi connectivity index (χ1n) is 10.4. The third-order valence-corrected chi connectivity index (χ3v) is 6.81. The number of hydrogen-bond donors (Lipinski definition) is 3. The highest BCUT2D eigenvalue weighted by atomic mass is 32.1. The number of hydrogen-bond acceptors (Lipinski definition) is 7. The largest absolute Gasteiger partial charge is 0.384 e. The number of rotatable bonds is 5. The first-order chi connectivity index (χ1) is 15.2. The van der Waals surface area contributed by atoms with Gasteiger partial charge in [-0.2, -0.15) is 5.10 Å². The van der Waals surface area contributed by atoms with Gasteiger partial charge in [0.2, 0.25) is 0 Å². The van der Waals surface area contributed by atoms with Crippen molar-refractivity contribution in [1.29, 1.82) is 5.41 Å². The molecule has 1 fully saturated rings. The van der Waals surface area contributed by atoms with Crippen molar-refractivity contribution in [2.75, 3.05) is 11.1 Å². The van der Waals surface area contributed by atoms with Crippen molar-refractivity contribution >= 4 is 28.5 Å². The molecule has 0 saturated heterocycles.